The maximum absolute atomic E-state index is 12.0. The van der Waals surface area contributed by atoms with E-state index in [0.717, 1.165) is 16.3 Å². The summed E-state index contributed by atoms with van der Waals surface area (Å²) in [5.74, 6) is 0. The van der Waals surface area contributed by atoms with Crippen LogP contribution in [0.4, 0.5) is 8.78 Å². The van der Waals surface area contributed by atoms with Crippen LogP contribution in [0.3, 0.4) is 0 Å². The van der Waals surface area contributed by atoms with Gasteiger partial charge in [0.1, 0.15) is 0 Å². The van der Waals surface area contributed by atoms with Crippen molar-refractivity contribution in [2.75, 3.05) is 0 Å². The highest BCUT2D eigenvalue weighted by atomic mass is 19.3. The van der Waals surface area contributed by atoms with Gasteiger partial charge in [0, 0.05) is 6.42 Å². The number of halogens is 2. The van der Waals surface area contributed by atoms with Crippen molar-refractivity contribution in [3.63, 3.8) is 0 Å². The van der Waals surface area contributed by atoms with E-state index in [1.807, 2.05) is 42.5 Å². The summed E-state index contributed by atoms with van der Waals surface area (Å²) in [6.07, 6.45) is -1.23. The van der Waals surface area contributed by atoms with E-state index < -0.39 is 6.43 Å². The van der Waals surface area contributed by atoms with Crippen LogP contribution in [-0.2, 0) is 6.42 Å². The first kappa shape index (κ1) is 10.1. The molecular weight excluding hydrogens is 194 g/mol. The molecule has 2 aromatic carbocycles. The zero-order valence-electron chi connectivity index (χ0n) is 8.21. The third-order valence-electron chi connectivity index (χ3n) is 2.42. The molecule has 77 valence electrons. The molecule has 0 aliphatic carbocycles. The van der Waals surface area contributed by atoms with E-state index in [0.29, 0.717) is 6.42 Å². The Morgan fingerprint density at radius 2 is 1.67 bits per heavy atom. The van der Waals surface area contributed by atoms with Crippen molar-refractivity contribution in [1.82, 2.24) is 0 Å². The predicted octanol–water partition coefficient (Wildman–Crippen LogP) is 4.20. The minimum absolute atomic E-state index is 0.141. The molecule has 0 fully saturated rings. The van der Waals surface area contributed by atoms with Crippen LogP contribution >= 0.6 is 0 Å². The van der Waals surface area contributed by atoms with E-state index in [1.54, 1.807) is 0 Å². The molecule has 1 radical (unpaired) electrons. The van der Waals surface area contributed by atoms with E-state index in [9.17, 15) is 8.78 Å². The van der Waals surface area contributed by atoms with Crippen LogP contribution in [-0.4, -0.2) is 0 Å². The lowest BCUT2D eigenvalue weighted by Gasteiger charge is -2.02. The van der Waals surface area contributed by atoms with Crippen molar-refractivity contribution < 1.29 is 8.78 Å². The first-order chi connectivity index (χ1) is 7.25. The van der Waals surface area contributed by atoms with Crippen LogP contribution in [0.2, 0.25) is 0 Å². The molecule has 0 aliphatic rings. The standard InChI is InChI=1S/C13H11F2/c14-13(15)8-6-10-5-7-11-3-1-2-4-12(11)9-10/h1-5,7,9H,6,8H2. The van der Waals surface area contributed by atoms with Gasteiger partial charge in [-0.25, -0.2) is 0 Å². The Labute approximate surface area is 87.5 Å². The summed E-state index contributed by atoms with van der Waals surface area (Å²) < 4.78 is 23.9. The zero-order valence-corrected chi connectivity index (χ0v) is 8.21. The largest absolute Gasteiger partial charge is 0.310 e. The van der Waals surface area contributed by atoms with Gasteiger partial charge < -0.3 is 0 Å². The van der Waals surface area contributed by atoms with Gasteiger partial charge in [0.2, 0.25) is 0 Å². The molecule has 0 spiro atoms. The topological polar surface area (TPSA) is 0 Å². The van der Waals surface area contributed by atoms with E-state index in [4.69, 9.17) is 0 Å². The van der Waals surface area contributed by atoms with E-state index in [1.165, 1.54) is 0 Å². The summed E-state index contributed by atoms with van der Waals surface area (Å²) in [7, 11) is 0. The highest BCUT2D eigenvalue weighted by Crippen LogP contribution is 2.19. The van der Waals surface area contributed by atoms with Crippen molar-refractivity contribution in [2.24, 2.45) is 0 Å². The molecule has 0 amide bonds. The minimum atomic E-state index is -1.50. The fraction of sp³-hybridized carbons (Fsp3) is 0.154. The number of hydrogen-bond donors (Lipinski definition) is 0. The second kappa shape index (κ2) is 4.39. The minimum Gasteiger partial charge on any atom is -0.200 e. The molecule has 2 heteroatoms. The molecule has 0 nitrogen and oxygen atoms in total. The van der Waals surface area contributed by atoms with Crippen LogP contribution in [0.25, 0.3) is 10.8 Å². The molecule has 2 aromatic rings. The van der Waals surface area contributed by atoms with Crippen LogP contribution in [0.15, 0.2) is 42.5 Å². The van der Waals surface area contributed by atoms with Gasteiger partial charge in [-0.1, -0.05) is 42.5 Å². The van der Waals surface area contributed by atoms with Crippen molar-refractivity contribution in [1.29, 1.82) is 0 Å². The summed E-state index contributed by atoms with van der Waals surface area (Å²) in [5, 5.41) is 2.25. The molecule has 0 N–H and O–H groups in total. The molecule has 0 bridgehead atoms. The molecule has 0 atom stereocenters. The maximum Gasteiger partial charge on any atom is 0.310 e. The zero-order chi connectivity index (χ0) is 10.7. The Morgan fingerprint density at radius 3 is 2.40 bits per heavy atom. The SMILES string of the molecule is F[C](F)CCc1ccc2ccccc2c1. The van der Waals surface area contributed by atoms with Gasteiger partial charge in [0.15, 0.2) is 0 Å². The van der Waals surface area contributed by atoms with Gasteiger partial charge in [0.25, 0.3) is 0 Å². The maximum atomic E-state index is 12.0. The second-order valence-electron chi connectivity index (χ2n) is 3.52. The average Bonchev–Trinajstić information content (AvgIpc) is 2.26. The Bertz CT molecular complexity index is 449. The third-order valence-corrected chi connectivity index (χ3v) is 2.42. The number of aryl methyl sites for hydroxylation is 1. The lowest BCUT2D eigenvalue weighted by Crippen LogP contribution is -1.88. The monoisotopic (exact) mass is 205 g/mol. The molecule has 0 heterocycles. The highest BCUT2D eigenvalue weighted by molar-refractivity contribution is 5.82. The fourth-order valence-corrected chi connectivity index (χ4v) is 1.63. The molecule has 0 saturated carbocycles. The molecule has 0 aliphatic heterocycles. The van der Waals surface area contributed by atoms with Crippen LogP contribution in [0.5, 0.6) is 0 Å². The van der Waals surface area contributed by atoms with Crippen molar-refractivity contribution in [3.05, 3.63) is 54.5 Å². The predicted molar refractivity (Wildman–Crippen MR) is 57.7 cm³/mol. The summed E-state index contributed by atoms with van der Waals surface area (Å²) in [4.78, 5) is 0. The number of hydrogen-bond acceptors (Lipinski definition) is 0. The Morgan fingerprint density at radius 1 is 0.933 bits per heavy atom. The lowest BCUT2D eigenvalue weighted by molar-refractivity contribution is 0.270. The number of rotatable bonds is 3. The van der Waals surface area contributed by atoms with E-state index in [2.05, 4.69) is 0 Å². The normalized spacial score (nSPS) is 11.1. The summed E-state index contributed by atoms with van der Waals surface area (Å²) >= 11 is 0. The molecule has 0 aromatic heterocycles. The fourth-order valence-electron chi connectivity index (χ4n) is 1.63. The first-order valence-electron chi connectivity index (χ1n) is 4.90. The van der Waals surface area contributed by atoms with E-state index in [-0.39, 0.29) is 6.42 Å². The Hall–Kier alpha value is -1.44. The van der Waals surface area contributed by atoms with Crippen molar-refractivity contribution >= 4 is 10.8 Å². The summed E-state index contributed by atoms with van der Waals surface area (Å²) in [6.45, 7) is 0. The van der Waals surface area contributed by atoms with Crippen molar-refractivity contribution in [3.8, 4) is 0 Å². The van der Waals surface area contributed by atoms with Crippen molar-refractivity contribution in [2.45, 2.75) is 12.8 Å². The Kier molecular flexibility index (Phi) is 2.95. The quantitative estimate of drug-likeness (QED) is 0.704. The van der Waals surface area contributed by atoms with Gasteiger partial charge >= 0.3 is 6.43 Å². The van der Waals surface area contributed by atoms with E-state index >= 15 is 0 Å². The lowest BCUT2D eigenvalue weighted by atomic mass is 10.0. The van der Waals surface area contributed by atoms with Crippen LogP contribution < -0.4 is 0 Å². The summed E-state index contributed by atoms with van der Waals surface area (Å²) in [5.41, 5.74) is 0.960. The van der Waals surface area contributed by atoms with Gasteiger partial charge in [0.05, 0.1) is 0 Å². The van der Waals surface area contributed by atoms with Crippen LogP contribution in [0, 0.1) is 6.43 Å². The van der Waals surface area contributed by atoms with Gasteiger partial charge in [-0.3, -0.25) is 0 Å². The second-order valence-corrected chi connectivity index (χ2v) is 3.52. The number of benzene rings is 2. The average molecular weight is 205 g/mol. The van der Waals surface area contributed by atoms with Gasteiger partial charge in [-0.2, -0.15) is 8.78 Å². The number of fused-ring (bicyclic) bond motifs is 1. The third kappa shape index (κ3) is 2.52. The molecular formula is C13H11F2. The van der Waals surface area contributed by atoms with Gasteiger partial charge in [-0.15, -0.1) is 0 Å². The Balaban J connectivity index is 2.23. The molecule has 2 rings (SSSR count). The summed E-state index contributed by atoms with van der Waals surface area (Å²) in [6, 6.07) is 13.8. The highest BCUT2D eigenvalue weighted by Gasteiger charge is 2.05. The molecule has 0 unspecified atom stereocenters. The first-order valence-corrected chi connectivity index (χ1v) is 4.90. The molecule has 15 heavy (non-hydrogen) atoms. The molecule has 0 saturated heterocycles. The van der Waals surface area contributed by atoms with Crippen LogP contribution in [0.1, 0.15) is 12.0 Å². The van der Waals surface area contributed by atoms with Gasteiger partial charge in [-0.05, 0) is 22.8 Å². The smallest absolute Gasteiger partial charge is 0.200 e.